The summed E-state index contributed by atoms with van der Waals surface area (Å²) in [5.41, 5.74) is 0. The summed E-state index contributed by atoms with van der Waals surface area (Å²) in [5, 5.41) is 0. The number of furan rings is 1. The highest BCUT2D eigenvalue weighted by molar-refractivity contribution is 7.79. The largest absolute Gasteiger partial charge is 0.465 e. The minimum absolute atomic E-state index is 0.359. The van der Waals surface area contributed by atoms with Gasteiger partial charge in [0.25, 0.3) is 0 Å². The van der Waals surface area contributed by atoms with Crippen molar-refractivity contribution < 1.29 is 13.2 Å². The summed E-state index contributed by atoms with van der Waals surface area (Å²) in [7, 11) is 0. The van der Waals surface area contributed by atoms with Gasteiger partial charge < -0.3 is 8.97 Å². The third kappa shape index (κ3) is 1.27. The second-order valence-electron chi connectivity index (χ2n) is 2.03. The fourth-order valence-corrected chi connectivity index (χ4v) is 1.34. The summed E-state index contributed by atoms with van der Waals surface area (Å²) < 4.78 is 24.1. The van der Waals surface area contributed by atoms with Crippen LogP contribution in [-0.4, -0.2) is 8.76 Å². The quantitative estimate of drug-likeness (QED) is 0.633. The van der Waals surface area contributed by atoms with Crippen LogP contribution in [0.2, 0.25) is 0 Å². The van der Waals surface area contributed by atoms with Crippen LogP contribution in [0.4, 0.5) is 0 Å². The smallest absolute Gasteiger partial charge is 0.190 e. The maximum atomic E-state index is 10.5. The maximum absolute atomic E-state index is 10.5. The summed E-state index contributed by atoms with van der Waals surface area (Å²) in [6.45, 7) is 3.40. The van der Waals surface area contributed by atoms with Crippen LogP contribution in [0, 0.1) is 13.8 Å². The molecule has 1 rings (SSSR count). The average Bonchev–Trinajstić information content (AvgIpc) is 2.10. The lowest BCUT2D eigenvalue weighted by molar-refractivity contribution is 0.494. The first-order valence-electron chi connectivity index (χ1n) is 2.79. The lowest BCUT2D eigenvalue weighted by atomic mass is 10.4. The van der Waals surface area contributed by atoms with Crippen molar-refractivity contribution in [3.8, 4) is 0 Å². The molecule has 0 aliphatic heterocycles. The third-order valence-corrected chi connectivity index (χ3v) is 1.97. The Morgan fingerprint density at radius 2 is 2.20 bits per heavy atom. The maximum Gasteiger partial charge on any atom is 0.190 e. The number of rotatable bonds is 1. The van der Waals surface area contributed by atoms with Crippen LogP contribution in [-0.2, 0) is 11.1 Å². The average molecular weight is 160 g/mol. The molecule has 0 aliphatic carbocycles. The lowest BCUT2D eigenvalue weighted by Crippen LogP contribution is -1.86. The Balaban J connectivity index is 3.15. The van der Waals surface area contributed by atoms with Crippen LogP contribution >= 0.6 is 0 Å². The number of hydrogen-bond donors (Lipinski definition) is 1. The molecule has 1 atom stereocenters. The molecular weight excluding hydrogens is 152 g/mol. The summed E-state index contributed by atoms with van der Waals surface area (Å²) >= 11 is -1.91. The van der Waals surface area contributed by atoms with E-state index in [9.17, 15) is 4.21 Å². The Hall–Kier alpha value is -0.610. The van der Waals surface area contributed by atoms with Gasteiger partial charge in [0, 0.05) is 0 Å². The molecule has 0 aromatic carbocycles. The topological polar surface area (TPSA) is 50.4 Å². The van der Waals surface area contributed by atoms with Gasteiger partial charge in [0.05, 0.1) is 0 Å². The van der Waals surface area contributed by atoms with E-state index in [2.05, 4.69) is 0 Å². The molecule has 1 N–H and O–H groups in total. The van der Waals surface area contributed by atoms with Gasteiger partial charge in [-0.3, -0.25) is 0 Å². The molecule has 1 unspecified atom stereocenters. The van der Waals surface area contributed by atoms with Crippen LogP contribution in [0.15, 0.2) is 15.4 Å². The normalized spacial score (nSPS) is 13.5. The van der Waals surface area contributed by atoms with Crippen molar-refractivity contribution in [2.24, 2.45) is 0 Å². The monoisotopic (exact) mass is 160 g/mol. The van der Waals surface area contributed by atoms with Crippen molar-refractivity contribution in [2.75, 3.05) is 0 Å². The van der Waals surface area contributed by atoms with Crippen LogP contribution in [0.3, 0.4) is 0 Å². The van der Waals surface area contributed by atoms with Crippen LogP contribution < -0.4 is 0 Å². The molecule has 1 aromatic rings. The molecular formula is C6H8O3S. The van der Waals surface area contributed by atoms with Gasteiger partial charge in [0.2, 0.25) is 0 Å². The Morgan fingerprint density at radius 3 is 2.40 bits per heavy atom. The van der Waals surface area contributed by atoms with Crippen LogP contribution in [0.5, 0.6) is 0 Å². The molecule has 0 radical (unpaired) electrons. The summed E-state index contributed by atoms with van der Waals surface area (Å²) in [6, 6.07) is 1.56. The van der Waals surface area contributed by atoms with E-state index in [0.717, 1.165) is 0 Å². The van der Waals surface area contributed by atoms with Crippen LogP contribution in [0.25, 0.3) is 0 Å². The molecule has 10 heavy (non-hydrogen) atoms. The molecule has 0 amide bonds. The molecule has 4 heteroatoms. The second-order valence-corrected chi connectivity index (χ2v) is 2.96. The fourth-order valence-electron chi connectivity index (χ4n) is 0.781. The van der Waals surface area contributed by atoms with Crippen LogP contribution in [0.1, 0.15) is 11.5 Å². The zero-order valence-electron chi connectivity index (χ0n) is 5.75. The molecule has 0 saturated heterocycles. The molecule has 0 aliphatic rings. The number of hydrogen-bond acceptors (Lipinski definition) is 2. The molecule has 1 heterocycles. The first-order valence-corrected chi connectivity index (χ1v) is 3.90. The highest BCUT2D eigenvalue weighted by Crippen LogP contribution is 2.15. The molecule has 0 saturated carbocycles. The van der Waals surface area contributed by atoms with Gasteiger partial charge in [-0.15, -0.1) is 0 Å². The van der Waals surface area contributed by atoms with Crippen molar-refractivity contribution in [2.45, 2.75) is 18.7 Å². The van der Waals surface area contributed by atoms with E-state index < -0.39 is 11.1 Å². The number of aryl methyl sites for hydroxylation is 2. The van der Waals surface area contributed by atoms with Crippen molar-refractivity contribution in [3.63, 3.8) is 0 Å². The van der Waals surface area contributed by atoms with E-state index in [0.29, 0.717) is 16.4 Å². The zero-order valence-corrected chi connectivity index (χ0v) is 6.57. The first-order chi connectivity index (χ1) is 4.61. The minimum Gasteiger partial charge on any atom is -0.465 e. The van der Waals surface area contributed by atoms with E-state index in [1.54, 1.807) is 19.9 Å². The van der Waals surface area contributed by atoms with Gasteiger partial charge in [-0.25, -0.2) is 4.21 Å². The SMILES string of the molecule is Cc1cc(S(=O)O)c(C)o1. The summed E-state index contributed by atoms with van der Waals surface area (Å²) in [6.07, 6.45) is 0. The molecule has 0 fully saturated rings. The first kappa shape index (κ1) is 7.50. The summed E-state index contributed by atoms with van der Waals surface area (Å²) in [4.78, 5) is 0.359. The van der Waals surface area contributed by atoms with Crippen molar-refractivity contribution in [1.82, 2.24) is 0 Å². The van der Waals surface area contributed by atoms with E-state index >= 15 is 0 Å². The standard InChI is InChI=1S/C6H8O3S/c1-4-3-6(10(7)8)5(2)9-4/h3H,1-2H3,(H,7,8). The van der Waals surface area contributed by atoms with Crippen molar-refractivity contribution in [1.29, 1.82) is 0 Å². The van der Waals surface area contributed by atoms with Crippen molar-refractivity contribution >= 4 is 11.1 Å². The Morgan fingerprint density at radius 1 is 1.60 bits per heavy atom. The Bertz CT molecular complexity index is 264. The Labute approximate surface area is 61.3 Å². The van der Waals surface area contributed by atoms with Gasteiger partial charge in [0.1, 0.15) is 16.4 Å². The molecule has 0 spiro atoms. The van der Waals surface area contributed by atoms with Gasteiger partial charge in [-0.2, -0.15) is 0 Å². The molecule has 56 valence electrons. The van der Waals surface area contributed by atoms with Gasteiger partial charge >= 0.3 is 0 Å². The highest BCUT2D eigenvalue weighted by Gasteiger charge is 2.08. The molecule has 3 nitrogen and oxygen atoms in total. The molecule has 0 bridgehead atoms. The van der Waals surface area contributed by atoms with E-state index in [-0.39, 0.29) is 0 Å². The Kier molecular flexibility index (Phi) is 1.92. The van der Waals surface area contributed by atoms with E-state index in [1.807, 2.05) is 0 Å². The second kappa shape index (κ2) is 2.56. The fraction of sp³-hybridized carbons (Fsp3) is 0.333. The van der Waals surface area contributed by atoms with E-state index in [4.69, 9.17) is 8.97 Å². The van der Waals surface area contributed by atoms with Gasteiger partial charge in [0.15, 0.2) is 11.1 Å². The molecule has 1 aromatic heterocycles. The predicted octanol–water partition coefficient (Wildman–Crippen LogP) is 1.48. The van der Waals surface area contributed by atoms with Crippen molar-refractivity contribution in [3.05, 3.63) is 17.6 Å². The predicted molar refractivity (Wildman–Crippen MR) is 37.2 cm³/mol. The third-order valence-electron chi connectivity index (χ3n) is 1.18. The zero-order chi connectivity index (χ0) is 7.72. The van der Waals surface area contributed by atoms with Gasteiger partial charge in [-0.05, 0) is 19.9 Å². The van der Waals surface area contributed by atoms with Gasteiger partial charge in [-0.1, -0.05) is 0 Å². The highest BCUT2D eigenvalue weighted by atomic mass is 32.2. The summed E-state index contributed by atoms with van der Waals surface area (Å²) in [5.74, 6) is 1.17. The lowest BCUT2D eigenvalue weighted by Gasteiger charge is -1.86. The van der Waals surface area contributed by atoms with E-state index in [1.165, 1.54) is 0 Å². The minimum atomic E-state index is -1.91.